The molecular formula is C27H28N4O4. The second-order valence-electron chi connectivity index (χ2n) is 8.59. The molecule has 0 spiro atoms. The van der Waals surface area contributed by atoms with Crippen LogP contribution in [0.4, 0.5) is 0 Å². The van der Waals surface area contributed by atoms with E-state index in [2.05, 4.69) is 34.8 Å². The Morgan fingerprint density at radius 2 is 1.69 bits per heavy atom. The van der Waals surface area contributed by atoms with E-state index >= 15 is 0 Å². The minimum absolute atomic E-state index is 0.0775. The van der Waals surface area contributed by atoms with Gasteiger partial charge in [-0.2, -0.15) is 4.98 Å². The summed E-state index contributed by atoms with van der Waals surface area (Å²) in [6, 6.07) is 21.5. The van der Waals surface area contributed by atoms with Crippen molar-refractivity contribution in [3.8, 4) is 17.1 Å². The quantitative estimate of drug-likeness (QED) is 0.364. The van der Waals surface area contributed by atoms with Crippen LogP contribution in [0, 0.1) is 0 Å². The zero-order valence-electron chi connectivity index (χ0n) is 19.9. The summed E-state index contributed by atoms with van der Waals surface area (Å²) in [4.78, 5) is 28.8. The van der Waals surface area contributed by atoms with Gasteiger partial charge < -0.3 is 9.26 Å². The highest BCUT2D eigenvalue weighted by atomic mass is 16.5. The lowest BCUT2D eigenvalue weighted by Gasteiger charge is -2.15. The van der Waals surface area contributed by atoms with Crippen molar-refractivity contribution in [3.63, 3.8) is 0 Å². The molecule has 1 aromatic heterocycles. The van der Waals surface area contributed by atoms with Gasteiger partial charge in [-0.15, -0.1) is 0 Å². The molecule has 0 fully saturated rings. The zero-order valence-corrected chi connectivity index (χ0v) is 19.9. The number of hydrazine groups is 1. The van der Waals surface area contributed by atoms with Crippen molar-refractivity contribution in [1.29, 1.82) is 0 Å². The van der Waals surface area contributed by atoms with Gasteiger partial charge in [0.1, 0.15) is 5.75 Å². The summed E-state index contributed by atoms with van der Waals surface area (Å²) in [6.45, 7) is 5.88. The smallest absolute Gasteiger partial charge is 0.279 e. The van der Waals surface area contributed by atoms with Crippen molar-refractivity contribution in [2.45, 2.75) is 45.6 Å². The number of carbonyl (C=O) groups is 2. The zero-order chi connectivity index (χ0) is 24.8. The number of carbonyl (C=O) groups excluding carboxylic acids is 2. The Bertz CT molecular complexity index is 1310. The molecule has 35 heavy (non-hydrogen) atoms. The molecule has 0 aliphatic rings. The van der Waals surface area contributed by atoms with Crippen LogP contribution in [0.2, 0.25) is 0 Å². The van der Waals surface area contributed by atoms with Gasteiger partial charge in [0.2, 0.25) is 17.6 Å². The third-order valence-corrected chi connectivity index (χ3v) is 5.60. The Hall–Kier alpha value is -4.20. The van der Waals surface area contributed by atoms with Crippen LogP contribution in [-0.4, -0.2) is 28.1 Å². The summed E-state index contributed by atoms with van der Waals surface area (Å²) in [7, 11) is 0. The topological polar surface area (TPSA) is 106 Å². The number of hydrogen-bond donors (Lipinski definition) is 2. The van der Waals surface area contributed by atoms with Crippen molar-refractivity contribution in [1.82, 2.24) is 21.0 Å². The minimum Gasteiger partial charge on any atom is -0.481 e. The SMILES string of the molecule is CC(Oc1ccc2ccccc2c1)C(=O)NNC(=O)CCc1nc(-c2ccc(C(C)C)cc2)no1. The highest BCUT2D eigenvalue weighted by molar-refractivity contribution is 5.85. The Balaban J connectivity index is 1.22. The summed E-state index contributed by atoms with van der Waals surface area (Å²) in [6.07, 6.45) is -0.465. The molecule has 0 saturated carbocycles. The van der Waals surface area contributed by atoms with Gasteiger partial charge >= 0.3 is 0 Å². The number of aromatic nitrogens is 2. The molecule has 8 heteroatoms. The maximum atomic E-state index is 12.3. The molecule has 1 unspecified atom stereocenters. The van der Waals surface area contributed by atoms with Crippen molar-refractivity contribution in [2.75, 3.05) is 0 Å². The molecule has 180 valence electrons. The summed E-state index contributed by atoms with van der Waals surface area (Å²) in [5, 5.41) is 6.09. The number of hydrogen-bond acceptors (Lipinski definition) is 6. The number of nitrogens with one attached hydrogen (secondary N) is 2. The van der Waals surface area contributed by atoms with Crippen molar-refractivity contribution >= 4 is 22.6 Å². The summed E-state index contributed by atoms with van der Waals surface area (Å²) in [5.41, 5.74) is 6.87. The molecule has 4 aromatic rings. The number of nitrogens with zero attached hydrogens (tertiary/aromatic N) is 2. The van der Waals surface area contributed by atoms with E-state index in [-0.39, 0.29) is 18.7 Å². The van der Waals surface area contributed by atoms with E-state index in [4.69, 9.17) is 9.26 Å². The van der Waals surface area contributed by atoms with E-state index in [0.29, 0.717) is 23.4 Å². The molecule has 2 amide bonds. The summed E-state index contributed by atoms with van der Waals surface area (Å²) >= 11 is 0. The molecule has 0 aliphatic heterocycles. The first-order chi connectivity index (χ1) is 16.9. The van der Waals surface area contributed by atoms with E-state index in [1.165, 1.54) is 5.56 Å². The average molecular weight is 473 g/mol. The number of rotatable bonds is 8. The molecular weight excluding hydrogens is 444 g/mol. The first-order valence-corrected chi connectivity index (χ1v) is 11.6. The van der Waals surface area contributed by atoms with Gasteiger partial charge in [0, 0.05) is 18.4 Å². The Morgan fingerprint density at radius 1 is 0.943 bits per heavy atom. The van der Waals surface area contributed by atoms with Gasteiger partial charge in [-0.3, -0.25) is 20.4 Å². The summed E-state index contributed by atoms with van der Waals surface area (Å²) in [5.74, 6) is 1.00. The molecule has 0 bridgehead atoms. The third kappa shape index (κ3) is 6.23. The van der Waals surface area contributed by atoms with E-state index in [9.17, 15) is 9.59 Å². The molecule has 8 nitrogen and oxygen atoms in total. The molecule has 0 radical (unpaired) electrons. The Labute approximate surface area is 203 Å². The lowest BCUT2D eigenvalue weighted by atomic mass is 10.0. The number of amides is 2. The highest BCUT2D eigenvalue weighted by Crippen LogP contribution is 2.22. The van der Waals surface area contributed by atoms with Crippen LogP contribution in [0.1, 0.15) is 44.6 Å². The predicted octanol–water partition coefficient (Wildman–Crippen LogP) is 4.56. The van der Waals surface area contributed by atoms with Gasteiger partial charge in [0.15, 0.2) is 6.10 Å². The standard InChI is InChI=1S/C27H28N4O4/c1-17(2)19-8-10-21(11-9-19)26-28-25(35-31-26)15-14-24(32)29-30-27(33)18(3)34-23-13-12-20-6-4-5-7-22(20)16-23/h4-13,16-18H,14-15H2,1-3H3,(H,29,32)(H,30,33). The maximum Gasteiger partial charge on any atom is 0.279 e. The van der Waals surface area contributed by atoms with Crippen LogP contribution < -0.4 is 15.6 Å². The van der Waals surface area contributed by atoms with Gasteiger partial charge in [-0.05, 0) is 41.3 Å². The maximum absolute atomic E-state index is 12.3. The van der Waals surface area contributed by atoms with Crippen LogP contribution >= 0.6 is 0 Å². The highest BCUT2D eigenvalue weighted by Gasteiger charge is 2.16. The van der Waals surface area contributed by atoms with E-state index in [1.807, 2.05) is 66.7 Å². The number of benzene rings is 3. The van der Waals surface area contributed by atoms with E-state index in [1.54, 1.807) is 6.92 Å². The number of ether oxygens (including phenoxy) is 1. The monoisotopic (exact) mass is 472 g/mol. The van der Waals surface area contributed by atoms with Gasteiger partial charge in [-0.25, -0.2) is 0 Å². The fraction of sp³-hybridized carbons (Fsp3) is 0.259. The predicted molar refractivity (Wildman–Crippen MR) is 132 cm³/mol. The number of aryl methyl sites for hydroxylation is 1. The Morgan fingerprint density at radius 3 is 2.43 bits per heavy atom. The molecule has 4 rings (SSSR count). The van der Waals surface area contributed by atoms with Gasteiger partial charge in [-0.1, -0.05) is 73.6 Å². The molecule has 2 N–H and O–H groups in total. The van der Waals surface area contributed by atoms with Gasteiger partial charge in [0.05, 0.1) is 0 Å². The number of fused-ring (bicyclic) bond motifs is 1. The second-order valence-corrected chi connectivity index (χ2v) is 8.59. The van der Waals surface area contributed by atoms with Crippen LogP contribution in [0.25, 0.3) is 22.2 Å². The first kappa shape index (κ1) is 23.9. The fourth-order valence-corrected chi connectivity index (χ4v) is 3.51. The second kappa shape index (κ2) is 10.8. The average Bonchev–Trinajstić information content (AvgIpc) is 3.35. The van der Waals surface area contributed by atoms with Crippen molar-refractivity contribution in [3.05, 3.63) is 78.2 Å². The van der Waals surface area contributed by atoms with Crippen LogP contribution in [0.5, 0.6) is 5.75 Å². The lowest BCUT2D eigenvalue weighted by Crippen LogP contribution is -2.47. The first-order valence-electron chi connectivity index (χ1n) is 11.6. The van der Waals surface area contributed by atoms with Crippen molar-refractivity contribution in [2.24, 2.45) is 0 Å². The summed E-state index contributed by atoms with van der Waals surface area (Å²) < 4.78 is 11.0. The normalized spacial score (nSPS) is 11.9. The Kier molecular flexibility index (Phi) is 7.40. The fourth-order valence-electron chi connectivity index (χ4n) is 3.51. The van der Waals surface area contributed by atoms with Crippen LogP contribution in [0.3, 0.4) is 0 Å². The van der Waals surface area contributed by atoms with E-state index in [0.717, 1.165) is 16.3 Å². The van der Waals surface area contributed by atoms with Crippen LogP contribution in [-0.2, 0) is 16.0 Å². The van der Waals surface area contributed by atoms with E-state index < -0.39 is 12.0 Å². The molecule has 3 aromatic carbocycles. The lowest BCUT2D eigenvalue weighted by molar-refractivity contribution is -0.132. The third-order valence-electron chi connectivity index (χ3n) is 5.60. The molecule has 0 aliphatic carbocycles. The van der Waals surface area contributed by atoms with Crippen molar-refractivity contribution < 1.29 is 18.8 Å². The van der Waals surface area contributed by atoms with Crippen LogP contribution in [0.15, 0.2) is 71.3 Å². The largest absolute Gasteiger partial charge is 0.481 e. The molecule has 0 saturated heterocycles. The van der Waals surface area contributed by atoms with Gasteiger partial charge in [0.25, 0.3) is 5.91 Å². The molecule has 1 heterocycles. The minimum atomic E-state index is -0.794. The molecule has 1 atom stereocenters.